The predicted octanol–water partition coefficient (Wildman–Crippen LogP) is 0.117. The molecule has 0 saturated heterocycles. The second kappa shape index (κ2) is 3.06. The van der Waals surface area contributed by atoms with Crippen molar-refractivity contribution in [3.63, 3.8) is 0 Å². The Morgan fingerprint density at radius 2 is 2.56 bits per heavy atom. The third kappa shape index (κ3) is 1.71. The molecule has 0 aliphatic heterocycles. The number of nitrogens with zero attached hydrogens (tertiary/aromatic N) is 3. The fraction of sp³-hybridized carbons (Fsp3) is 0.600. The van der Waals surface area contributed by atoms with E-state index in [2.05, 4.69) is 10.1 Å². The monoisotopic (exact) mass is 127 g/mol. The summed E-state index contributed by atoms with van der Waals surface area (Å²) in [6.45, 7) is 2.72. The summed E-state index contributed by atoms with van der Waals surface area (Å²) in [5.41, 5.74) is 0. The van der Waals surface area contributed by atoms with E-state index in [4.69, 9.17) is 4.84 Å². The average molecular weight is 127 g/mol. The lowest BCUT2D eigenvalue weighted by molar-refractivity contribution is 0.0821. The van der Waals surface area contributed by atoms with E-state index in [1.807, 2.05) is 6.92 Å². The third-order valence-corrected chi connectivity index (χ3v) is 0.825. The Kier molecular flexibility index (Phi) is 2.06. The zero-order valence-corrected chi connectivity index (χ0v) is 5.32. The molecular formula is C5H9N3O. The molecule has 0 aromatic carbocycles. The van der Waals surface area contributed by atoms with E-state index in [9.17, 15) is 0 Å². The number of hydrogen-bond acceptors (Lipinski definition) is 3. The maximum Gasteiger partial charge on any atom is 0.155 e. The molecule has 4 heteroatoms. The molecule has 0 atom stereocenters. The van der Waals surface area contributed by atoms with Crippen LogP contribution in [0.1, 0.15) is 13.3 Å². The van der Waals surface area contributed by atoms with Gasteiger partial charge in [0.15, 0.2) is 6.33 Å². The first-order chi connectivity index (χ1) is 4.43. The lowest BCUT2D eigenvalue weighted by Crippen LogP contribution is -2.12. The van der Waals surface area contributed by atoms with Gasteiger partial charge in [-0.25, -0.2) is 4.98 Å². The van der Waals surface area contributed by atoms with Crippen LogP contribution in [0.2, 0.25) is 0 Å². The van der Waals surface area contributed by atoms with Crippen LogP contribution >= 0.6 is 0 Å². The van der Waals surface area contributed by atoms with E-state index in [1.165, 1.54) is 17.5 Å². The first-order valence-corrected chi connectivity index (χ1v) is 2.91. The lowest BCUT2D eigenvalue weighted by atomic mass is 10.5. The Labute approximate surface area is 53.4 Å². The molecule has 4 nitrogen and oxygen atoms in total. The molecule has 9 heavy (non-hydrogen) atoms. The molecule has 1 heterocycles. The first kappa shape index (κ1) is 6.07. The summed E-state index contributed by atoms with van der Waals surface area (Å²) in [6.07, 6.45) is 3.95. The van der Waals surface area contributed by atoms with Gasteiger partial charge in [-0.2, -0.15) is 0 Å². The molecule has 0 amide bonds. The highest BCUT2D eigenvalue weighted by Crippen LogP contribution is 1.76. The summed E-state index contributed by atoms with van der Waals surface area (Å²) < 4.78 is 0. The van der Waals surface area contributed by atoms with E-state index >= 15 is 0 Å². The molecule has 0 saturated carbocycles. The van der Waals surface area contributed by atoms with Gasteiger partial charge in [-0.3, -0.25) is 0 Å². The molecule has 1 aromatic rings. The molecule has 0 radical (unpaired) electrons. The molecular weight excluding hydrogens is 118 g/mol. The van der Waals surface area contributed by atoms with Gasteiger partial charge in [0.05, 0.1) is 0 Å². The topological polar surface area (TPSA) is 39.9 Å². The van der Waals surface area contributed by atoms with Crippen molar-refractivity contribution >= 4 is 0 Å². The normalized spacial score (nSPS) is 9.44. The quantitative estimate of drug-likeness (QED) is 0.578. The van der Waals surface area contributed by atoms with Crippen molar-refractivity contribution in [3.05, 3.63) is 12.7 Å². The smallest absolute Gasteiger partial charge is 0.155 e. The van der Waals surface area contributed by atoms with Crippen LogP contribution in [0, 0.1) is 0 Å². The second-order valence-corrected chi connectivity index (χ2v) is 1.63. The van der Waals surface area contributed by atoms with Gasteiger partial charge < -0.3 is 4.84 Å². The van der Waals surface area contributed by atoms with Crippen molar-refractivity contribution in [1.29, 1.82) is 0 Å². The van der Waals surface area contributed by atoms with Crippen LogP contribution in [-0.2, 0) is 0 Å². The lowest BCUT2D eigenvalue weighted by Gasteiger charge is -1.98. The van der Waals surface area contributed by atoms with Crippen LogP contribution in [0.5, 0.6) is 0 Å². The molecule has 0 N–H and O–H groups in total. The summed E-state index contributed by atoms with van der Waals surface area (Å²) in [5.74, 6) is 0. The molecule has 0 fully saturated rings. The Hall–Kier alpha value is -1.06. The van der Waals surface area contributed by atoms with Crippen LogP contribution in [-0.4, -0.2) is 21.5 Å². The van der Waals surface area contributed by atoms with Crippen molar-refractivity contribution in [2.45, 2.75) is 13.3 Å². The van der Waals surface area contributed by atoms with Crippen LogP contribution in [0.15, 0.2) is 12.7 Å². The molecule has 0 unspecified atom stereocenters. The maximum absolute atomic E-state index is 5.04. The van der Waals surface area contributed by atoms with Crippen molar-refractivity contribution < 1.29 is 4.84 Å². The zero-order chi connectivity index (χ0) is 6.53. The SMILES string of the molecule is CCCOn1cncn1. The zero-order valence-electron chi connectivity index (χ0n) is 5.32. The summed E-state index contributed by atoms with van der Waals surface area (Å²) in [7, 11) is 0. The van der Waals surface area contributed by atoms with Crippen molar-refractivity contribution in [2.24, 2.45) is 0 Å². The number of rotatable bonds is 3. The van der Waals surface area contributed by atoms with Crippen molar-refractivity contribution in [3.8, 4) is 0 Å². The van der Waals surface area contributed by atoms with Gasteiger partial charge in [0.2, 0.25) is 0 Å². The van der Waals surface area contributed by atoms with Crippen LogP contribution in [0.4, 0.5) is 0 Å². The molecule has 0 bridgehead atoms. The fourth-order valence-electron chi connectivity index (χ4n) is 0.449. The molecule has 0 spiro atoms. The van der Waals surface area contributed by atoms with Gasteiger partial charge in [0.1, 0.15) is 12.9 Å². The van der Waals surface area contributed by atoms with Gasteiger partial charge in [-0.1, -0.05) is 11.8 Å². The second-order valence-electron chi connectivity index (χ2n) is 1.63. The highest BCUT2D eigenvalue weighted by molar-refractivity contribution is 4.48. The molecule has 0 aliphatic carbocycles. The average Bonchev–Trinajstić information content (AvgIpc) is 2.34. The summed E-state index contributed by atoms with van der Waals surface area (Å²) in [5, 5.41) is 3.74. The van der Waals surface area contributed by atoms with Gasteiger partial charge in [-0.05, 0) is 6.42 Å². The molecule has 1 aromatic heterocycles. The number of aromatic nitrogens is 3. The largest absolute Gasteiger partial charge is 0.395 e. The Morgan fingerprint density at radius 3 is 3.11 bits per heavy atom. The highest BCUT2D eigenvalue weighted by atomic mass is 16.7. The van der Waals surface area contributed by atoms with Crippen molar-refractivity contribution in [2.75, 3.05) is 6.61 Å². The summed E-state index contributed by atoms with van der Waals surface area (Å²) >= 11 is 0. The summed E-state index contributed by atoms with van der Waals surface area (Å²) in [6, 6.07) is 0. The third-order valence-electron chi connectivity index (χ3n) is 0.825. The van der Waals surface area contributed by atoms with Crippen LogP contribution in [0.3, 0.4) is 0 Å². The first-order valence-electron chi connectivity index (χ1n) is 2.91. The minimum atomic E-state index is 0.684. The van der Waals surface area contributed by atoms with Crippen molar-refractivity contribution in [1.82, 2.24) is 14.9 Å². The molecule has 0 aliphatic rings. The van der Waals surface area contributed by atoms with Gasteiger partial charge in [0.25, 0.3) is 0 Å². The fourth-order valence-corrected chi connectivity index (χ4v) is 0.449. The minimum Gasteiger partial charge on any atom is -0.395 e. The standard InChI is InChI=1S/C5H9N3O/c1-2-3-9-8-5-6-4-7-8/h4-5H,2-3H2,1H3. The van der Waals surface area contributed by atoms with Crippen LogP contribution < -0.4 is 4.84 Å². The Morgan fingerprint density at radius 1 is 1.67 bits per heavy atom. The molecule has 1 rings (SSSR count). The van der Waals surface area contributed by atoms with E-state index in [0.29, 0.717) is 6.61 Å². The van der Waals surface area contributed by atoms with E-state index < -0.39 is 0 Å². The molecule has 50 valence electrons. The van der Waals surface area contributed by atoms with E-state index in [1.54, 1.807) is 0 Å². The van der Waals surface area contributed by atoms with Crippen LogP contribution in [0.25, 0.3) is 0 Å². The minimum absolute atomic E-state index is 0.684. The van der Waals surface area contributed by atoms with E-state index in [0.717, 1.165) is 6.42 Å². The summed E-state index contributed by atoms with van der Waals surface area (Å²) in [4.78, 5) is 10.1. The Bertz CT molecular complexity index is 149. The Balaban J connectivity index is 2.30. The van der Waals surface area contributed by atoms with Gasteiger partial charge in [0, 0.05) is 0 Å². The van der Waals surface area contributed by atoms with Gasteiger partial charge >= 0.3 is 0 Å². The highest BCUT2D eigenvalue weighted by Gasteiger charge is 1.85. The predicted molar refractivity (Wildman–Crippen MR) is 31.8 cm³/mol. The van der Waals surface area contributed by atoms with Gasteiger partial charge in [-0.15, -0.1) is 5.10 Å². The number of hydrogen-bond donors (Lipinski definition) is 0. The van der Waals surface area contributed by atoms with E-state index in [-0.39, 0.29) is 0 Å². The maximum atomic E-state index is 5.04.